The lowest BCUT2D eigenvalue weighted by atomic mass is 10.1. The van der Waals surface area contributed by atoms with Crippen LogP contribution in [0.2, 0.25) is 0 Å². The highest BCUT2D eigenvalue weighted by Gasteiger charge is 2.26. The molecule has 0 bridgehead atoms. The number of ether oxygens (including phenoxy) is 1. The first-order valence-corrected chi connectivity index (χ1v) is 12.4. The molecule has 3 amide bonds. The van der Waals surface area contributed by atoms with Crippen molar-refractivity contribution in [3.05, 3.63) is 29.6 Å². The maximum atomic E-state index is 14.1. The molecule has 1 aliphatic carbocycles. The minimum Gasteiger partial charge on any atom is -0.493 e. The van der Waals surface area contributed by atoms with Gasteiger partial charge in [0, 0.05) is 18.7 Å². The predicted molar refractivity (Wildman–Crippen MR) is 114 cm³/mol. The number of unbranched alkanes of at least 4 members (excludes halogenated alkanes) is 2. The number of imide groups is 1. The van der Waals surface area contributed by atoms with Crippen LogP contribution in [0, 0.1) is 11.7 Å². The molecule has 0 radical (unpaired) electrons. The molecule has 0 unspecified atom stereocenters. The molecule has 0 spiro atoms. The number of carbonyl (C=O) groups excluding carboxylic acids is 2. The number of carbonyl (C=O) groups is 2. The number of hydrogen-bond donors (Lipinski definition) is 2. The molecule has 2 fully saturated rings. The molecule has 1 saturated carbocycles. The van der Waals surface area contributed by atoms with Gasteiger partial charge in [-0.15, -0.1) is 0 Å². The standard InChI is InChI=1S/C21H30FN3O5S/c1-2-19(16-10-17(22)12-18(11-16)30-14-15-6-7-15)24-31(28,29)9-5-3-4-8-25-13-20(26)23-21(25)27/h10-12,15,19,24H,2-9,13-14H2,1H3,(H,23,26,27)/t19-/m1/s1. The van der Waals surface area contributed by atoms with Crippen molar-refractivity contribution in [1.82, 2.24) is 14.9 Å². The van der Waals surface area contributed by atoms with Gasteiger partial charge in [0.1, 0.15) is 18.1 Å². The van der Waals surface area contributed by atoms with E-state index >= 15 is 0 Å². The molecule has 10 heteroatoms. The number of nitrogens with one attached hydrogen (secondary N) is 2. The lowest BCUT2D eigenvalue weighted by Crippen LogP contribution is -2.31. The van der Waals surface area contributed by atoms with Crippen molar-refractivity contribution in [3.8, 4) is 5.75 Å². The van der Waals surface area contributed by atoms with Crippen LogP contribution < -0.4 is 14.8 Å². The Bertz CT molecular complexity index is 904. The van der Waals surface area contributed by atoms with E-state index in [9.17, 15) is 22.4 Å². The van der Waals surface area contributed by atoms with Gasteiger partial charge in [-0.1, -0.05) is 13.3 Å². The summed E-state index contributed by atoms with van der Waals surface area (Å²) in [5, 5.41) is 2.21. The summed E-state index contributed by atoms with van der Waals surface area (Å²) in [7, 11) is -3.56. The average molecular weight is 456 g/mol. The lowest BCUT2D eigenvalue weighted by Gasteiger charge is -2.19. The van der Waals surface area contributed by atoms with E-state index in [1.54, 1.807) is 6.07 Å². The van der Waals surface area contributed by atoms with Crippen LogP contribution in [0.5, 0.6) is 5.75 Å². The van der Waals surface area contributed by atoms with Crippen molar-refractivity contribution in [2.75, 3.05) is 25.4 Å². The summed E-state index contributed by atoms with van der Waals surface area (Å²) in [4.78, 5) is 24.0. The second-order valence-electron chi connectivity index (χ2n) is 8.21. The minimum atomic E-state index is -3.56. The summed E-state index contributed by atoms with van der Waals surface area (Å²) in [6.45, 7) is 2.86. The minimum absolute atomic E-state index is 0.0524. The maximum absolute atomic E-state index is 14.1. The zero-order valence-corrected chi connectivity index (χ0v) is 18.5. The molecule has 8 nitrogen and oxygen atoms in total. The Morgan fingerprint density at radius 3 is 2.65 bits per heavy atom. The van der Waals surface area contributed by atoms with Gasteiger partial charge in [-0.2, -0.15) is 0 Å². The first kappa shape index (κ1) is 23.5. The van der Waals surface area contributed by atoms with Crippen LogP contribution in [0.4, 0.5) is 9.18 Å². The molecular formula is C21H30FN3O5S. The topological polar surface area (TPSA) is 105 Å². The highest BCUT2D eigenvalue weighted by Crippen LogP contribution is 2.31. The molecule has 172 valence electrons. The first-order chi connectivity index (χ1) is 14.8. The molecule has 1 aromatic rings. The zero-order chi connectivity index (χ0) is 22.4. The Labute approximate surface area is 182 Å². The van der Waals surface area contributed by atoms with E-state index in [1.807, 2.05) is 6.92 Å². The van der Waals surface area contributed by atoms with Gasteiger partial charge >= 0.3 is 6.03 Å². The fourth-order valence-corrected chi connectivity index (χ4v) is 4.90. The summed E-state index contributed by atoms with van der Waals surface area (Å²) >= 11 is 0. The predicted octanol–water partition coefficient (Wildman–Crippen LogP) is 2.71. The van der Waals surface area contributed by atoms with Crippen LogP contribution in [-0.2, 0) is 14.8 Å². The number of sulfonamides is 1. The number of halogens is 1. The SMILES string of the molecule is CC[C@@H](NS(=O)(=O)CCCCCN1CC(=O)NC1=O)c1cc(F)cc(OCC2CC2)c1. The fraction of sp³-hybridized carbons (Fsp3) is 0.619. The Morgan fingerprint density at radius 1 is 1.23 bits per heavy atom. The molecule has 1 aromatic carbocycles. The third kappa shape index (κ3) is 7.46. The summed E-state index contributed by atoms with van der Waals surface area (Å²) < 4.78 is 47.4. The quantitative estimate of drug-likeness (QED) is 0.352. The lowest BCUT2D eigenvalue weighted by molar-refractivity contribution is -0.118. The van der Waals surface area contributed by atoms with E-state index in [1.165, 1.54) is 17.0 Å². The third-order valence-corrected chi connectivity index (χ3v) is 6.89. The Balaban J connectivity index is 1.47. The average Bonchev–Trinajstić information content (AvgIpc) is 3.47. The first-order valence-electron chi connectivity index (χ1n) is 10.8. The molecule has 2 aliphatic rings. The number of benzene rings is 1. The van der Waals surface area contributed by atoms with Gasteiger partial charge in [0.05, 0.1) is 12.4 Å². The zero-order valence-electron chi connectivity index (χ0n) is 17.7. The second-order valence-corrected chi connectivity index (χ2v) is 10.1. The summed E-state index contributed by atoms with van der Waals surface area (Å²) in [6.07, 6.45) is 4.37. The van der Waals surface area contributed by atoms with Crippen molar-refractivity contribution in [2.45, 2.75) is 51.5 Å². The fourth-order valence-electron chi connectivity index (χ4n) is 3.47. The molecule has 2 N–H and O–H groups in total. The normalized spacial score (nSPS) is 17.7. The summed E-state index contributed by atoms with van der Waals surface area (Å²) in [5.74, 6) is 0.123. The van der Waals surface area contributed by atoms with Crippen molar-refractivity contribution in [2.24, 2.45) is 5.92 Å². The van der Waals surface area contributed by atoms with Crippen molar-refractivity contribution >= 4 is 22.0 Å². The van der Waals surface area contributed by atoms with E-state index in [0.29, 0.717) is 56.1 Å². The highest BCUT2D eigenvalue weighted by atomic mass is 32.2. The molecule has 1 atom stereocenters. The Kier molecular flexibility index (Phi) is 7.88. The van der Waals surface area contributed by atoms with Gasteiger partial charge in [0.15, 0.2) is 0 Å². The van der Waals surface area contributed by atoms with Crippen molar-refractivity contribution in [3.63, 3.8) is 0 Å². The van der Waals surface area contributed by atoms with Crippen LogP contribution in [-0.4, -0.2) is 50.7 Å². The van der Waals surface area contributed by atoms with Gasteiger partial charge in [-0.25, -0.2) is 22.3 Å². The van der Waals surface area contributed by atoms with Gasteiger partial charge in [0.2, 0.25) is 15.9 Å². The Hall–Kier alpha value is -2.20. The molecule has 0 aromatic heterocycles. The van der Waals surface area contributed by atoms with Crippen LogP contribution in [0.1, 0.15) is 57.1 Å². The van der Waals surface area contributed by atoms with Gasteiger partial charge < -0.3 is 9.64 Å². The van der Waals surface area contributed by atoms with E-state index in [-0.39, 0.29) is 18.2 Å². The number of urea groups is 1. The van der Waals surface area contributed by atoms with Gasteiger partial charge in [-0.3, -0.25) is 10.1 Å². The highest BCUT2D eigenvalue weighted by molar-refractivity contribution is 7.89. The van der Waals surface area contributed by atoms with Gasteiger partial charge in [0.25, 0.3) is 0 Å². The molecule has 1 aliphatic heterocycles. The van der Waals surface area contributed by atoms with Crippen molar-refractivity contribution in [1.29, 1.82) is 0 Å². The number of nitrogens with zero attached hydrogens (tertiary/aromatic N) is 1. The second kappa shape index (κ2) is 10.4. The molecular weight excluding hydrogens is 425 g/mol. The monoisotopic (exact) mass is 455 g/mol. The Morgan fingerprint density at radius 2 is 2.00 bits per heavy atom. The smallest absolute Gasteiger partial charge is 0.324 e. The van der Waals surface area contributed by atoms with E-state index in [0.717, 1.165) is 12.8 Å². The third-order valence-electron chi connectivity index (χ3n) is 5.42. The maximum Gasteiger partial charge on any atom is 0.324 e. The van der Waals surface area contributed by atoms with Crippen LogP contribution in [0.25, 0.3) is 0 Å². The van der Waals surface area contributed by atoms with Crippen LogP contribution in [0.15, 0.2) is 18.2 Å². The molecule has 31 heavy (non-hydrogen) atoms. The summed E-state index contributed by atoms with van der Waals surface area (Å²) in [6, 6.07) is 3.42. The molecule has 1 saturated heterocycles. The number of hydrogen-bond acceptors (Lipinski definition) is 5. The largest absolute Gasteiger partial charge is 0.493 e. The molecule has 1 heterocycles. The van der Waals surface area contributed by atoms with Crippen LogP contribution >= 0.6 is 0 Å². The van der Waals surface area contributed by atoms with E-state index in [4.69, 9.17) is 4.74 Å². The summed E-state index contributed by atoms with van der Waals surface area (Å²) in [5.41, 5.74) is 0.543. The molecule has 3 rings (SSSR count). The van der Waals surface area contributed by atoms with E-state index < -0.39 is 27.9 Å². The van der Waals surface area contributed by atoms with Gasteiger partial charge in [-0.05, 0) is 55.7 Å². The number of amides is 3. The number of rotatable bonds is 13. The van der Waals surface area contributed by atoms with E-state index in [2.05, 4.69) is 10.0 Å². The van der Waals surface area contributed by atoms with Crippen LogP contribution in [0.3, 0.4) is 0 Å². The van der Waals surface area contributed by atoms with Crippen molar-refractivity contribution < 1.29 is 27.1 Å².